The lowest BCUT2D eigenvalue weighted by molar-refractivity contribution is 0.395. The van der Waals surface area contributed by atoms with E-state index in [4.69, 9.17) is 4.74 Å². The summed E-state index contributed by atoms with van der Waals surface area (Å²) in [5.41, 5.74) is 1.41. The van der Waals surface area contributed by atoms with Crippen LogP contribution in [-0.4, -0.2) is 12.1 Å². The number of hydrogen-bond donors (Lipinski definition) is 0. The first kappa shape index (κ1) is 17.0. The summed E-state index contributed by atoms with van der Waals surface area (Å²) < 4.78 is 5.26. The van der Waals surface area contributed by atoms with Gasteiger partial charge >= 0.3 is 0 Å². The minimum atomic E-state index is 0.676. The smallest absolute Gasteiger partial charge is 0.213 e. The van der Waals surface area contributed by atoms with E-state index in [9.17, 15) is 0 Å². The zero-order valence-corrected chi connectivity index (χ0v) is 13.5. The molecule has 1 heterocycles. The van der Waals surface area contributed by atoms with Crippen LogP contribution in [0.2, 0.25) is 0 Å². The first-order chi connectivity index (χ1) is 9.81. The number of nitrogens with zero attached hydrogens (tertiary/aromatic N) is 1. The fourth-order valence-corrected chi connectivity index (χ4v) is 2.73. The first-order valence-electron chi connectivity index (χ1n) is 8.31. The monoisotopic (exact) mass is 277 g/mol. The van der Waals surface area contributed by atoms with Gasteiger partial charge in [-0.05, 0) is 30.4 Å². The number of hydrogen-bond acceptors (Lipinski definition) is 2. The molecule has 0 saturated heterocycles. The van der Waals surface area contributed by atoms with Crippen molar-refractivity contribution < 1.29 is 4.74 Å². The van der Waals surface area contributed by atoms with Crippen LogP contribution in [0.5, 0.6) is 5.88 Å². The first-order valence-corrected chi connectivity index (χ1v) is 8.31. The van der Waals surface area contributed by atoms with Crippen LogP contribution in [0.15, 0.2) is 18.3 Å². The van der Waals surface area contributed by atoms with E-state index in [-0.39, 0.29) is 0 Å². The van der Waals surface area contributed by atoms with Crippen molar-refractivity contribution in [2.75, 3.05) is 7.11 Å². The van der Waals surface area contributed by atoms with E-state index in [1.54, 1.807) is 7.11 Å². The third-order valence-corrected chi connectivity index (χ3v) is 4.00. The lowest BCUT2D eigenvalue weighted by Crippen LogP contribution is -2.01. The van der Waals surface area contributed by atoms with E-state index in [0.29, 0.717) is 5.92 Å². The molecule has 20 heavy (non-hydrogen) atoms. The Morgan fingerprint density at radius 1 is 1.00 bits per heavy atom. The lowest BCUT2D eigenvalue weighted by atomic mass is 9.89. The highest BCUT2D eigenvalue weighted by molar-refractivity contribution is 5.24. The van der Waals surface area contributed by atoms with Crippen LogP contribution >= 0.6 is 0 Å². The van der Waals surface area contributed by atoms with Gasteiger partial charge in [-0.3, -0.25) is 0 Å². The molecule has 0 aliphatic heterocycles. The van der Waals surface area contributed by atoms with Crippen molar-refractivity contribution in [3.8, 4) is 5.88 Å². The molecule has 0 amide bonds. The third-order valence-electron chi connectivity index (χ3n) is 4.00. The Morgan fingerprint density at radius 2 is 1.65 bits per heavy atom. The van der Waals surface area contributed by atoms with Gasteiger partial charge in [-0.25, -0.2) is 4.98 Å². The normalized spacial score (nSPS) is 12.3. The van der Waals surface area contributed by atoms with Crippen LogP contribution < -0.4 is 4.74 Å². The van der Waals surface area contributed by atoms with Crippen molar-refractivity contribution in [2.45, 2.75) is 77.6 Å². The summed E-state index contributed by atoms with van der Waals surface area (Å²) in [5, 5.41) is 0. The van der Waals surface area contributed by atoms with Crippen molar-refractivity contribution in [2.24, 2.45) is 0 Å². The number of rotatable bonds is 11. The average molecular weight is 277 g/mol. The maximum Gasteiger partial charge on any atom is 0.213 e. The summed E-state index contributed by atoms with van der Waals surface area (Å²) in [6.45, 7) is 4.54. The molecular weight excluding hydrogens is 246 g/mol. The molecule has 1 aromatic rings. The number of pyridine rings is 1. The Balaban J connectivity index is 2.58. The molecule has 0 N–H and O–H groups in total. The second-order valence-electron chi connectivity index (χ2n) is 5.67. The van der Waals surface area contributed by atoms with Gasteiger partial charge in [-0.2, -0.15) is 0 Å². The van der Waals surface area contributed by atoms with Crippen LogP contribution in [0.4, 0.5) is 0 Å². The van der Waals surface area contributed by atoms with Crippen molar-refractivity contribution in [3.63, 3.8) is 0 Å². The summed E-state index contributed by atoms with van der Waals surface area (Å²) in [6, 6.07) is 4.29. The molecule has 0 fully saturated rings. The van der Waals surface area contributed by atoms with Gasteiger partial charge in [0.05, 0.1) is 7.11 Å². The molecule has 1 aromatic heterocycles. The van der Waals surface area contributed by atoms with E-state index in [1.165, 1.54) is 63.4 Å². The average Bonchev–Trinajstić information content (AvgIpc) is 2.50. The third kappa shape index (κ3) is 6.40. The molecule has 1 atom stereocenters. The molecule has 0 saturated carbocycles. The Morgan fingerprint density at radius 3 is 2.30 bits per heavy atom. The van der Waals surface area contributed by atoms with Gasteiger partial charge in [-0.15, -0.1) is 0 Å². The summed E-state index contributed by atoms with van der Waals surface area (Å²) in [4.78, 5) is 4.22. The van der Waals surface area contributed by atoms with Crippen LogP contribution in [0.3, 0.4) is 0 Å². The molecule has 1 rings (SSSR count). The summed E-state index contributed by atoms with van der Waals surface area (Å²) >= 11 is 0. The number of methoxy groups -OCH3 is 1. The number of ether oxygens (including phenoxy) is 1. The van der Waals surface area contributed by atoms with Gasteiger partial charge in [0.15, 0.2) is 0 Å². The molecule has 0 bridgehead atoms. The predicted octanol–water partition coefficient (Wildman–Crippen LogP) is 5.72. The van der Waals surface area contributed by atoms with Crippen LogP contribution in [0.25, 0.3) is 0 Å². The Hall–Kier alpha value is -1.05. The second kappa shape index (κ2) is 10.7. The second-order valence-corrected chi connectivity index (χ2v) is 5.67. The largest absolute Gasteiger partial charge is 0.481 e. The van der Waals surface area contributed by atoms with Crippen LogP contribution in [-0.2, 0) is 0 Å². The molecule has 1 unspecified atom stereocenters. The van der Waals surface area contributed by atoms with Gasteiger partial charge in [0.2, 0.25) is 5.88 Å². The fourth-order valence-electron chi connectivity index (χ4n) is 2.73. The molecule has 0 radical (unpaired) electrons. The number of aromatic nitrogens is 1. The van der Waals surface area contributed by atoms with E-state index < -0.39 is 0 Å². The highest BCUT2D eigenvalue weighted by Gasteiger charge is 2.12. The fraction of sp³-hybridized carbons (Fsp3) is 0.722. The quantitative estimate of drug-likeness (QED) is 0.482. The van der Waals surface area contributed by atoms with E-state index >= 15 is 0 Å². The van der Waals surface area contributed by atoms with Gasteiger partial charge in [0, 0.05) is 12.3 Å². The Kier molecular flexibility index (Phi) is 9.10. The molecule has 2 heteroatoms. The van der Waals surface area contributed by atoms with E-state index in [2.05, 4.69) is 31.0 Å². The minimum absolute atomic E-state index is 0.676. The summed E-state index contributed by atoms with van der Waals surface area (Å²) in [7, 11) is 1.69. The zero-order chi connectivity index (χ0) is 14.6. The lowest BCUT2D eigenvalue weighted by Gasteiger charge is -2.17. The van der Waals surface area contributed by atoms with Crippen molar-refractivity contribution in [1.29, 1.82) is 0 Å². The van der Waals surface area contributed by atoms with E-state index in [1.807, 2.05) is 6.20 Å². The SMILES string of the molecule is CCCCCCC(CCCCC)c1ccnc(OC)c1. The molecule has 0 aromatic carbocycles. The molecule has 0 aliphatic rings. The molecule has 2 nitrogen and oxygen atoms in total. The van der Waals surface area contributed by atoms with Crippen LogP contribution in [0.1, 0.15) is 83.1 Å². The summed E-state index contributed by atoms with van der Waals surface area (Å²) in [6.07, 6.45) is 13.8. The Labute approximate surface area is 125 Å². The molecule has 0 aliphatic carbocycles. The van der Waals surface area contributed by atoms with Gasteiger partial charge in [0.25, 0.3) is 0 Å². The maximum atomic E-state index is 5.26. The Bertz CT molecular complexity index is 351. The van der Waals surface area contributed by atoms with Gasteiger partial charge in [-0.1, -0.05) is 58.8 Å². The van der Waals surface area contributed by atoms with Crippen molar-refractivity contribution in [1.82, 2.24) is 4.98 Å². The van der Waals surface area contributed by atoms with Crippen molar-refractivity contribution in [3.05, 3.63) is 23.9 Å². The summed E-state index contributed by atoms with van der Waals surface area (Å²) in [5.74, 6) is 1.42. The van der Waals surface area contributed by atoms with Crippen LogP contribution in [0, 0.1) is 0 Å². The molecule has 114 valence electrons. The zero-order valence-electron chi connectivity index (χ0n) is 13.5. The topological polar surface area (TPSA) is 22.1 Å². The molecular formula is C18H31NO. The maximum absolute atomic E-state index is 5.26. The highest BCUT2D eigenvalue weighted by atomic mass is 16.5. The van der Waals surface area contributed by atoms with Crippen molar-refractivity contribution >= 4 is 0 Å². The standard InChI is InChI=1S/C18H31NO/c1-4-6-8-10-12-16(11-9-7-5-2)17-13-14-19-18(15-17)20-3/h13-16H,4-12H2,1-3H3. The molecule has 0 spiro atoms. The predicted molar refractivity (Wildman–Crippen MR) is 86.4 cm³/mol. The highest BCUT2D eigenvalue weighted by Crippen LogP contribution is 2.29. The number of unbranched alkanes of at least 4 members (excludes halogenated alkanes) is 5. The van der Waals surface area contributed by atoms with E-state index in [0.717, 1.165) is 5.88 Å². The van der Waals surface area contributed by atoms with Gasteiger partial charge in [0.1, 0.15) is 0 Å². The van der Waals surface area contributed by atoms with Gasteiger partial charge < -0.3 is 4.74 Å². The minimum Gasteiger partial charge on any atom is -0.481 e.